The molecule has 1 fully saturated rings. The highest BCUT2D eigenvalue weighted by Gasteiger charge is 2.34. The van der Waals surface area contributed by atoms with Crippen LogP contribution in [0.5, 0.6) is 11.5 Å². The summed E-state index contributed by atoms with van der Waals surface area (Å²) in [5.41, 5.74) is 1.47. The van der Waals surface area contributed by atoms with E-state index in [1.807, 2.05) is 6.92 Å². The van der Waals surface area contributed by atoms with E-state index in [2.05, 4.69) is 6.07 Å². The molecule has 2 aromatic carbocycles. The van der Waals surface area contributed by atoms with E-state index < -0.39 is 0 Å². The van der Waals surface area contributed by atoms with Crippen LogP contribution in [0.15, 0.2) is 42.5 Å². The third kappa shape index (κ3) is 3.14. The lowest BCUT2D eigenvalue weighted by molar-refractivity contribution is -0.121. The second-order valence-electron chi connectivity index (χ2n) is 6.77. The standard InChI is InChI=1S/C21H19N3O4/c1-14-12-24(17-5-3-2-4-16(17)11-22)20(25)13-23(14)21(26)15-6-7-18-19(10-15)28-9-8-27-18/h2-7,10,14H,8-9,12-13H2,1H3. The fourth-order valence-electron chi connectivity index (χ4n) is 3.50. The number of para-hydroxylation sites is 1. The number of rotatable bonds is 2. The summed E-state index contributed by atoms with van der Waals surface area (Å²) in [4.78, 5) is 28.9. The number of anilines is 1. The zero-order valence-corrected chi connectivity index (χ0v) is 15.4. The second-order valence-corrected chi connectivity index (χ2v) is 6.77. The highest BCUT2D eigenvalue weighted by Crippen LogP contribution is 2.32. The second kappa shape index (κ2) is 7.24. The van der Waals surface area contributed by atoms with Gasteiger partial charge in [-0.05, 0) is 37.3 Å². The number of carbonyl (C=O) groups is 2. The molecule has 2 heterocycles. The predicted molar refractivity (Wildman–Crippen MR) is 101 cm³/mol. The van der Waals surface area contributed by atoms with Crippen LogP contribution in [0.2, 0.25) is 0 Å². The molecule has 0 spiro atoms. The molecule has 4 rings (SSSR count). The van der Waals surface area contributed by atoms with Crippen LogP contribution in [0.1, 0.15) is 22.8 Å². The summed E-state index contributed by atoms with van der Waals surface area (Å²) in [5, 5.41) is 9.31. The maximum atomic E-state index is 13.0. The molecule has 2 aliphatic rings. The average Bonchev–Trinajstić information content (AvgIpc) is 2.74. The number of ether oxygens (including phenoxy) is 2. The van der Waals surface area contributed by atoms with Gasteiger partial charge < -0.3 is 19.3 Å². The minimum atomic E-state index is -0.231. The largest absolute Gasteiger partial charge is 0.486 e. The van der Waals surface area contributed by atoms with Crippen molar-refractivity contribution in [1.82, 2.24) is 4.90 Å². The predicted octanol–water partition coefficient (Wildman–Crippen LogP) is 2.21. The average molecular weight is 377 g/mol. The molecule has 0 N–H and O–H groups in total. The minimum absolute atomic E-state index is 0.0474. The number of amides is 2. The van der Waals surface area contributed by atoms with E-state index in [0.717, 1.165) is 0 Å². The molecule has 1 atom stereocenters. The van der Waals surface area contributed by atoms with Gasteiger partial charge in [0.25, 0.3) is 5.91 Å². The smallest absolute Gasteiger partial charge is 0.254 e. The van der Waals surface area contributed by atoms with Gasteiger partial charge in [0.2, 0.25) is 5.91 Å². The monoisotopic (exact) mass is 377 g/mol. The van der Waals surface area contributed by atoms with Crippen LogP contribution in [-0.4, -0.2) is 49.1 Å². The van der Waals surface area contributed by atoms with Crippen LogP contribution in [0.3, 0.4) is 0 Å². The van der Waals surface area contributed by atoms with Gasteiger partial charge in [-0.3, -0.25) is 9.59 Å². The molecule has 0 aromatic heterocycles. The highest BCUT2D eigenvalue weighted by molar-refractivity contribution is 6.02. The minimum Gasteiger partial charge on any atom is -0.486 e. The van der Waals surface area contributed by atoms with Gasteiger partial charge in [-0.15, -0.1) is 0 Å². The summed E-state index contributed by atoms with van der Waals surface area (Å²) >= 11 is 0. The van der Waals surface area contributed by atoms with Crippen molar-refractivity contribution in [3.05, 3.63) is 53.6 Å². The van der Waals surface area contributed by atoms with Gasteiger partial charge in [0.15, 0.2) is 11.5 Å². The number of carbonyl (C=O) groups excluding carboxylic acids is 2. The normalized spacial score (nSPS) is 18.6. The Morgan fingerprint density at radius 3 is 2.68 bits per heavy atom. The van der Waals surface area contributed by atoms with Crippen LogP contribution in [0, 0.1) is 11.3 Å². The summed E-state index contributed by atoms with van der Waals surface area (Å²) in [6, 6.07) is 14.0. The van der Waals surface area contributed by atoms with E-state index in [1.165, 1.54) is 0 Å². The molecule has 7 heteroatoms. The van der Waals surface area contributed by atoms with Crippen LogP contribution in [-0.2, 0) is 4.79 Å². The Kier molecular flexibility index (Phi) is 4.62. The Labute approximate surface area is 162 Å². The van der Waals surface area contributed by atoms with Crippen LogP contribution >= 0.6 is 0 Å². The Balaban J connectivity index is 1.56. The Bertz CT molecular complexity index is 982. The first-order valence-electron chi connectivity index (χ1n) is 9.08. The zero-order chi connectivity index (χ0) is 19.7. The molecule has 1 unspecified atom stereocenters. The quantitative estimate of drug-likeness (QED) is 0.801. The molecule has 2 amide bonds. The first-order valence-corrected chi connectivity index (χ1v) is 9.08. The SMILES string of the molecule is CC1CN(c2ccccc2C#N)C(=O)CN1C(=O)c1ccc2c(c1)OCCO2. The molecule has 7 nitrogen and oxygen atoms in total. The van der Waals surface area contributed by atoms with Crippen LogP contribution < -0.4 is 14.4 Å². The Morgan fingerprint density at radius 2 is 1.89 bits per heavy atom. The third-order valence-corrected chi connectivity index (χ3v) is 4.95. The van der Waals surface area contributed by atoms with Crippen molar-refractivity contribution in [3.63, 3.8) is 0 Å². The summed E-state index contributed by atoms with van der Waals surface area (Å²) in [6.07, 6.45) is 0. The molecular formula is C21H19N3O4. The van der Waals surface area contributed by atoms with E-state index in [9.17, 15) is 14.9 Å². The molecule has 2 aromatic rings. The molecular weight excluding hydrogens is 358 g/mol. The van der Waals surface area contributed by atoms with Crippen molar-refractivity contribution >= 4 is 17.5 Å². The molecule has 1 saturated heterocycles. The summed E-state index contributed by atoms with van der Waals surface area (Å²) in [5.74, 6) is 0.709. The highest BCUT2D eigenvalue weighted by atomic mass is 16.6. The molecule has 28 heavy (non-hydrogen) atoms. The maximum Gasteiger partial charge on any atom is 0.254 e. The van der Waals surface area contributed by atoms with Gasteiger partial charge in [0, 0.05) is 18.2 Å². The van der Waals surface area contributed by atoms with Gasteiger partial charge in [-0.25, -0.2) is 0 Å². The number of fused-ring (bicyclic) bond motifs is 1. The van der Waals surface area contributed by atoms with E-state index in [1.54, 1.807) is 52.3 Å². The van der Waals surface area contributed by atoms with Crippen molar-refractivity contribution in [1.29, 1.82) is 5.26 Å². The number of benzene rings is 2. The lowest BCUT2D eigenvalue weighted by Crippen LogP contribution is -2.57. The molecule has 0 saturated carbocycles. The molecule has 0 aliphatic carbocycles. The third-order valence-electron chi connectivity index (χ3n) is 4.95. The summed E-state index contributed by atoms with van der Waals surface area (Å²) < 4.78 is 11.0. The van der Waals surface area contributed by atoms with Crippen molar-refractivity contribution in [2.24, 2.45) is 0 Å². The summed E-state index contributed by atoms with van der Waals surface area (Å²) in [6.45, 7) is 3.10. The summed E-state index contributed by atoms with van der Waals surface area (Å²) in [7, 11) is 0. The van der Waals surface area contributed by atoms with Gasteiger partial charge in [0.1, 0.15) is 25.8 Å². The van der Waals surface area contributed by atoms with Gasteiger partial charge >= 0.3 is 0 Å². The van der Waals surface area contributed by atoms with Crippen molar-refractivity contribution in [3.8, 4) is 17.6 Å². The number of hydrogen-bond donors (Lipinski definition) is 0. The van der Waals surface area contributed by atoms with Crippen LogP contribution in [0.25, 0.3) is 0 Å². The number of nitriles is 1. The fraction of sp³-hybridized carbons (Fsp3) is 0.286. The van der Waals surface area contributed by atoms with Gasteiger partial charge in [-0.2, -0.15) is 5.26 Å². The topological polar surface area (TPSA) is 82.9 Å². The number of nitrogens with zero attached hydrogens (tertiary/aromatic N) is 3. The zero-order valence-electron chi connectivity index (χ0n) is 15.4. The maximum absolute atomic E-state index is 13.0. The molecule has 0 radical (unpaired) electrons. The molecule has 142 valence electrons. The van der Waals surface area contributed by atoms with Crippen molar-refractivity contribution in [2.75, 3.05) is 31.2 Å². The van der Waals surface area contributed by atoms with Crippen LogP contribution in [0.4, 0.5) is 5.69 Å². The van der Waals surface area contributed by atoms with Crippen molar-refractivity contribution < 1.29 is 19.1 Å². The number of hydrogen-bond acceptors (Lipinski definition) is 5. The van der Waals surface area contributed by atoms with Crippen molar-refractivity contribution in [2.45, 2.75) is 13.0 Å². The van der Waals surface area contributed by atoms with Gasteiger partial charge in [-0.1, -0.05) is 12.1 Å². The lowest BCUT2D eigenvalue weighted by atomic mass is 10.1. The fourth-order valence-corrected chi connectivity index (χ4v) is 3.50. The molecule has 0 bridgehead atoms. The van der Waals surface area contributed by atoms with E-state index >= 15 is 0 Å². The number of piperazine rings is 1. The lowest BCUT2D eigenvalue weighted by Gasteiger charge is -2.39. The Morgan fingerprint density at radius 1 is 1.14 bits per heavy atom. The first-order chi connectivity index (χ1) is 13.6. The van der Waals surface area contributed by atoms with E-state index in [0.29, 0.717) is 48.1 Å². The van der Waals surface area contributed by atoms with E-state index in [4.69, 9.17) is 9.47 Å². The van der Waals surface area contributed by atoms with Gasteiger partial charge in [0.05, 0.1) is 11.3 Å². The first kappa shape index (κ1) is 17.9. The molecule has 2 aliphatic heterocycles. The van der Waals surface area contributed by atoms with E-state index in [-0.39, 0.29) is 24.4 Å². The Hall–Kier alpha value is -3.53.